The Morgan fingerprint density at radius 3 is 2.56 bits per heavy atom. The van der Waals surface area contributed by atoms with Crippen LogP contribution in [0.15, 0.2) is 47.3 Å². The van der Waals surface area contributed by atoms with Gasteiger partial charge in [-0.3, -0.25) is 14.0 Å². The summed E-state index contributed by atoms with van der Waals surface area (Å²) in [7, 11) is 0. The largest absolute Gasteiger partial charge is 0.419 e. The third kappa shape index (κ3) is 5.70. The van der Waals surface area contributed by atoms with E-state index in [1.54, 1.807) is 9.58 Å². The molecule has 1 atom stereocenters. The van der Waals surface area contributed by atoms with Gasteiger partial charge in [0.2, 0.25) is 5.91 Å². The number of H-pyrrole nitrogens is 1. The lowest BCUT2D eigenvalue weighted by Gasteiger charge is -2.33. The summed E-state index contributed by atoms with van der Waals surface area (Å²) in [4.78, 5) is 31.4. The summed E-state index contributed by atoms with van der Waals surface area (Å²) in [6, 6.07) is 10.3. The van der Waals surface area contributed by atoms with E-state index in [2.05, 4.69) is 15.0 Å². The number of nitrogens with one attached hydrogen (secondary N) is 1. The molecule has 2 N–H and O–H groups in total. The Labute approximate surface area is 244 Å². The van der Waals surface area contributed by atoms with Gasteiger partial charge in [-0.15, -0.1) is 0 Å². The SMILES string of the molecule is CC(=O)N1CCc2c(c(-c3ccc(C(F)(F)F)c(F)c3)nn2CC(O)CN2CCC(n3c(=O)[nH]c4ccccc43)CC2)C1. The first-order chi connectivity index (χ1) is 20.5. The summed E-state index contributed by atoms with van der Waals surface area (Å²) in [6.45, 7) is 3.95. The van der Waals surface area contributed by atoms with E-state index in [9.17, 15) is 32.3 Å². The Balaban J connectivity index is 1.18. The third-order valence-electron chi connectivity index (χ3n) is 8.53. The number of alkyl halides is 3. The normalized spacial score (nSPS) is 17.4. The molecule has 0 saturated carbocycles. The van der Waals surface area contributed by atoms with Crippen molar-refractivity contribution >= 4 is 16.9 Å². The number of amides is 1. The maximum Gasteiger partial charge on any atom is 0.419 e. The lowest BCUT2D eigenvalue weighted by atomic mass is 9.99. The van der Waals surface area contributed by atoms with Crippen LogP contribution in [-0.2, 0) is 30.5 Å². The first kappa shape index (κ1) is 29.1. The zero-order chi connectivity index (χ0) is 30.5. The molecule has 0 bridgehead atoms. The van der Waals surface area contributed by atoms with Crippen LogP contribution in [-0.4, -0.2) is 72.4 Å². The summed E-state index contributed by atoms with van der Waals surface area (Å²) in [5.41, 5.74) is 2.07. The lowest BCUT2D eigenvalue weighted by molar-refractivity contribution is -0.140. The first-order valence-electron chi connectivity index (χ1n) is 14.3. The van der Waals surface area contributed by atoms with E-state index in [4.69, 9.17) is 0 Å². The molecule has 1 amide bonds. The molecule has 0 spiro atoms. The highest BCUT2D eigenvalue weighted by molar-refractivity contribution is 5.75. The average Bonchev–Trinajstić information content (AvgIpc) is 3.49. The molecule has 13 heteroatoms. The number of aliphatic hydroxyl groups is 1. The second-order valence-electron chi connectivity index (χ2n) is 11.3. The molecule has 1 saturated heterocycles. The van der Waals surface area contributed by atoms with Crippen LogP contribution in [0.2, 0.25) is 0 Å². The van der Waals surface area contributed by atoms with Gasteiger partial charge in [-0.25, -0.2) is 9.18 Å². The molecule has 2 aromatic heterocycles. The Kier molecular flexibility index (Phi) is 7.63. The standard InChI is InChI=1S/C30H32F4N6O3/c1-18(41)38-13-10-26-22(17-38)28(19-6-7-23(24(31)14-19)30(32,33)34)36-39(26)16-21(42)15-37-11-8-20(9-12-37)40-27-5-3-2-4-25(27)35-29(40)43/h2-7,14,20-21,42H,8-13,15-17H2,1H3,(H,35,43). The molecule has 4 aromatic rings. The van der Waals surface area contributed by atoms with Gasteiger partial charge in [0.25, 0.3) is 0 Å². The molecule has 2 aliphatic heterocycles. The molecular weight excluding hydrogens is 568 g/mol. The first-order valence-corrected chi connectivity index (χ1v) is 14.3. The van der Waals surface area contributed by atoms with E-state index in [1.807, 2.05) is 28.8 Å². The number of rotatable bonds is 6. The van der Waals surface area contributed by atoms with Gasteiger partial charge in [0, 0.05) is 68.9 Å². The number of likely N-dealkylation sites (tertiary alicyclic amines) is 1. The van der Waals surface area contributed by atoms with Gasteiger partial charge >= 0.3 is 11.9 Å². The van der Waals surface area contributed by atoms with E-state index in [0.717, 1.165) is 35.6 Å². The smallest absolute Gasteiger partial charge is 0.390 e. The average molecular weight is 601 g/mol. The van der Waals surface area contributed by atoms with Gasteiger partial charge in [-0.05, 0) is 37.1 Å². The number of β-amino-alcohol motifs (C(OH)–C–C–N with tert-alkyl or cyclic N) is 1. The number of carbonyl (C=O) groups excluding carboxylic acids is 1. The highest BCUT2D eigenvalue weighted by Gasteiger charge is 2.35. The van der Waals surface area contributed by atoms with Crippen molar-refractivity contribution in [2.75, 3.05) is 26.2 Å². The molecule has 2 aromatic carbocycles. The van der Waals surface area contributed by atoms with Crippen molar-refractivity contribution in [3.05, 3.63) is 75.6 Å². The van der Waals surface area contributed by atoms with Gasteiger partial charge in [0.15, 0.2) is 0 Å². The van der Waals surface area contributed by atoms with Crippen LogP contribution in [0.5, 0.6) is 0 Å². The Morgan fingerprint density at radius 1 is 1.12 bits per heavy atom. The number of benzene rings is 2. The van der Waals surface area contributed by atoms with Crippen molar-refractivity contribution in [3.8, 4) is 11.3 Å². The van der Waals surface area contributed by atoms with Crippen molar-refractivity contribution < 1.29 is 27.5 Å². The molecule has 9 nitrogen and oxygen atoms in total. The van der Waals surface area contributed by atoms with Crippen molar-refractivity contribution in [1.29, 1.82) is 0 Å². The van der Waals surface area contributed by atoms with Gasteiger partial charge in [0.05, 0.1) is 34.9 Å². The van der Waals surface area contributed by atoms with E-state index >= 15 is 0 Å². The molecule has 0 aliphatic carbocycles. The van der Waals surface area contributed by atoms with Crippen LogP contribution in [0.25, 0.3) is 22.3 Å². The fourth-order valence-corrected chi connectivity index (χ4v) is 6.39. The second-order valence-corrected chi connectivity index (χ2v) is 11.3. The molecule has 1 fully saturated rings. The minimum absolute atomic E-state index is 0.0473. The number of fused-ring (bicyclic) bond motifs is 2. The predicted molar refractivity (Wildman–Crippen MR) is 151 cm³/mol. The summed E-state index contributed by atoms with van der Waals surface area (Å²) >= 11 is 0. The maximum absolute atomic E-state index is 14.5. The van der Waals surface area contributed by atoms with Crippen LogP contribution in [0.4, 0.5) is 17.6 Å². The van der Waals surface area contributed by atoms with Gasteiger partial charge in [-0.1, -0.05) is 18.2 Å². The minimum Gasteiger partial charge on any atom is -0.390 e. The fourth-order valence-electron chi connectivity index (χ4n) is 6.39. The van der Waals surface area contributed by atoms with Gasteiger partial charge in [0.1, 0.15) is 5.82 Å². The molecule has 1 unspecified atom stereocenters. The second kappa shape index (κ2) is 11.3. The molecule has 43 heavy (non-hydrogen) atoms. The summed E-state index contributed by atoms with van der Waals surface area (Å²) in [6.07, 6.45) is -3.69. The van der Waals surface area contributed by atoms with E-state index in [1.165, 1.54) is 13.0 Å². The molecule has 6 rings (SSSR count). The van der Waals surface area contributed by atoms with Crippen molar-refractivity contribution in [2.45, 2.75) is 57.6 Å². The van der Waals surface area contributed by atoms with E-state index < -0.39 is 23.7 Å². The number of aromatic amines is 1. The lowest BCUT2D eigenvalue weighted by Crippen LogP contribution is -2.42. The number of hydrogen-bond acceptors (Lipinski definition) is 5. The predicted octanol–water partition coefficient (Wildman–Crippen LogP) is 3.95. The van der Waals surface area contributed by atoms with Crippen LogP contribution in [0.3, 0.4) is 0 Å². The monoisotopic (exact) mass is 600 g/mol. The highest BCUT2D eigenvalue weighted by Crippen LogP contribution is 2.36. The number of hydrogen-bond donors (Lipinski definition) is 2. The van der Waals surface area contributed by atoms with E-state index in [0.29, 0.717) is 49.9 Å². The fraction of sp³-hybridized carbons (Fsp3) is 0.433. The van der Waals surface area contributed by atoms with Crippen LogP contribution in [0.1, 0.15) is 42.6 Å². The number of imidazole rings is 1. The number of aromatic nitrogens is 4. The maximum atomic E-state index is 14.5. The van der Waals surface area contributed by atoms with Crippen molar-refractivity contribution in [3.63, 3.8) is 0 Å². The van der Waals surface area contributed by atoms with Crippen LogP contribution >= 0.6 is 0 Å². The number of halogens is 4. The molecule has 2 aliphatic rings. The summed E-state index contributed by atoms with van der Waals surface area (Å²) < 4.78 is 57.4. The molecular formula is C30H32F4N6O3. The number of carbonyl (C=O) groups is 1. The zero-order valence-electron chi connectivity index (χ0n) is 23.6. The zero-order valence-corrected chi connectivity index (χ0v) is 23.6. The van der Waals surface area contributed by atoms with Crippen LogP contribution < -0.4 is 5.69 Å². The Hall–Kier alpha value is -3.97. The molecule has 0 radical (unpaired) electrons. The summed E-state index contributed by atoms with van der Waals surface area (Å²) in [5, 5.41) is 15.7. The molecule has 228 valence electrons. The minimum atomic E-state index is -4.82. The number of aliphatic hydroxyl groups excluding tert-OH is 1. The summed E-state index contributed by atoms with van der Waals surface area (Å²) in [5.74, 6) is -1.55. The van der Waals surface area contributed by atoms with Gasteiger partial charge < -0.3 is 19.9 Å². The van der Waals surface area contributed by atoms with E-state index in [-0.39, 0.29) is 36.3 Å². The van der Waals surface area contributed by atoms with Crippen LogP contribution in [0, 0.1) is 5.82 Å². The third-order valence-corrected chi connectivity index (χ3v) is 8.53. The highest BCUT2D eigenvalue weighted by atomic mass is 19.4. The number of nitrogens with zero attached hydrogens (tertiary/aromatic N) is 5. The number of para-hydroxylation sites is 2. The van der Waals surface area contributed by atoms with Gasteiger partial charge in [-0.2, -0.15) is 18.3 Å². The topological polar surface area (TPSA) is 99.4 Å². The van der Waals surface area contributed by atoms with Crippen molar-refractivity contribution in [2.24, 2.45) is 0 Å². The Morgan fingerprint density at radius 2 is 1.86 bits per heavy atom. The number of piperidine rings is 1. The molecule has 4 heterocycles. The van der Waals surface area contributed by atoms with Crippen molar-refractivity contribution in [1.82, 2.24) is 29.1 Å². The quantitative estimate of drug-likeness (QED) is 0.327. The Bertz CT molecular complexity index is 1720.